The minimum atomic E-state index is 0.0980. The molecule has 0 rings (SSSR count). The Balaban J connectivity index is 4.18. The molecule has 1 amide bonds. The van der Waals surface area contributed by atoms with E-state index in [4.69, 9.17) is 5.26 Å². The quantitative estimate of drug-likeness (QED) is 0.674. The largest absolute Gasteiger partial charge is 0.330 e. The molecular weight excluding hydrogens is 200 g/mol. The molecule has 0 aliphatic carbocycles. The normalized spacial score (nSPS) is 13.0. The van der Waals surface area contributed by atoms with Crippen LogP contribution in [0.1, 0.15) is 47.5 Å². The van der Waals surface area contributed by atoms with E-state index in [2.05, 4.69) is 27.7 Å². The lowest BCUT2D eigenvalue weighted by atomic mass is 9.84. The first-order chi connectivity index (χ1) is 7.30. The van der Waals surface area contributed by atoms with Gasteiger partial charge in [0.15, 0.2) is 0 Å². The van der Waals surface area contributed by atoms with Crippen molar-refractivity contribution in [3.8, 4) is 6.07 Å². The van der Waals surface area contributed by atoms with E-state index in [1.165, 1.54) is 0 Å². The molecule has 0 saturated carbocycles. The molecule has 3 nitrogen and oxygen atoms in total. The first-order valence-electron chi connectivity index (χ1n) is 5.95. The third-order valence-corrected chi connectivity index (χ3v) is 2.48. The topological polar surface area (TPSA) is 44.1 Å². The first-order valence-corrected chi connectivity index (χ1v) is 5.95. The highest BCUT2D eigenvalue weighted by Crippen LogP contribution is 2.26. The highest BCUT2D eigenvalue weighted by molar-refractivity contribution is 5.76. The van der Waals surface area contributed by atoms with E-state index >= 15 is 0 Å². The lowest BCUT2D eigenvalue weighted by Gasteiger charge is -2.25. The highest BCUT2D eigenvalue weighted by Gasteiger charge is 2.20. The zero-order chi connectivity index (χ0) is 12.8. The number of carbonyl (C=O) groups is 1. The third-order valence-electron chi connectivity index (χ3n) is 2.48. The van der Waals surface area contributed by atoms with Gasteiger partial charge in [-0.2, -0.15) is 5.26 Å². The van der Waals surface area contributed by atoms with Crippen LogP contribution in [0.2, 0.25) is 0 Å². The van der Waals surface area contributed by atoms with Crippen molar-refractivity contribution < 1.29 is 4.79 Å². The van der Waals surface area contributed by atoms with Crippen molar-refractivity contribution in [2.75, 3.05) is 13.1 Å². The van der Waals surface area contributed by atoms with Crippen molar-refractivity contribution in [2.45, 2.75) is 47.5 Å². The molecule has 0 N–H and O–H groups in total. The van der Waals surface area contributed by atoms with Gasteiger partial charge < -0.3 is 4.90 Å². The van der Waals surface area contributed by atoms with Crippen LogP contribution in [-0.2, 0) is 4.79 Å². The SMILES string of the molecule is CCN(CC#N)C(=O)CC(C)CC(C)(C)C. The number of hydrogen-bond donors (Lipinski definition) is 0. The molecule has 92 valence electrons. The summed E-state index contributed by atoms with van der Waals surface area (Å²) in [7, 11) is 0. The summed E-state index contributed by atoms with van der Waals surface area (Å²) in [6, 6.07) is 2.03. The summed E-state index contributed by atoms with van der Waals surface area (Å²) in [5.41, 5.74) is 0.256. The summed E-state index contributed by atoms with van der Waals surface area (Å²) < 4.78 is 0. The average Bonchev–Trinajstić information content (AvgIpc) is 2.10. The predicted molar refractivity (Wildman–Crippen MR) is 65.7 cm³/mol. The molecule has 0 radical (unpaired) electrons. The lowest BCUT2D eigenvalue weighted by Crippen LogP contribution is -2.32. The maximum atomic E-state index is 11.8. The smallest absolute Gasteiger partial charge is 0.223 e. The molecule has 0 aromatic heterocycles. The van der Waals surface area contributed by atoms with E-state index in [1.54, 1.807) is 4.90 Å². The van der Waals surface area contributed by atoms with E-state index in [9.17, 15) is 4.79 Å². The number of rotatable bonds is 5. The van der Waals surface area contributed by atoms with Crippen LogP contribution in [0.15, 0.2) is 0 Å². The summed E-state index contributed by atoms with van der Waals surface area (Å²) >= 11 is 0. The van der Waals surface area contributed by atoms with Crippen molar-refractivity contribution in [3.63, 3.8) is 0 Å². The Labute approximate surface area is 99.4 Å². The maximum Gasteiger partial charge on any atom is 0.223 e. The van der Waals surface area contributed by atoms with Gasteiger partial charge in [0.05, 0.1) is 6.07 Å². The van der Waals surface area contributed by atoms with Gasteiger partial charge >= 0.3 is 0 Å². The Morgan fingerprint density at radius 2 is 2.00 bits per heavy atom. The minimum absolute atomic E-state index is 0.0980. The van der Waals surface area contributed by atoms with Gasteiger partial charge in [-0.1, -0.05) is 27.7 Å². The summed E-state index contributed by atoms with van der Waals surface area (Å²) in [4.78, 5) is 13.4. The molecule has 0 aliphatic rings. The number of carbonyl (C=O) groups excluding carboxylic acids is 1. The fraction of sp³-hybridized carbons (Fsp3) is 0.846. The van der Waals surface area contributed by atoms with Crippen molar-refractivity contribution in [1.82, 2.24) is 4.90 Å². The van der Waals surface area contributed by atoms with Gasteiger partial charge in [0.2, 0.25) is 5.91 Å². The Bertz CT molecular complexity index is 260. The molecule has 0 fully saturated rings. The molecule has 16 heavy (non-hydrogen) atoms. The molecule has 0 bridgehead atoms. The van der Waals surface area contributed by atoms with Crippen molar-refractivity contribution >= 4 is 5.91 Å². The van der Waals surface area contributed by atoms with Crippen molar-refractivity contribution in [3.05, 3.63) is 0 Å². The minimum Gasteiger partial charge on any atom is -0.330 e. The maximum absolute atomic E-state index is 11.8. The molecule has 0 aromatic rings. The summed E-state index contributed by atoms with van der Waals surface area (Å²) in [5.74, 6) is 0.473. The molecular formula is C13H24N2O. The molecule has 0 spiro atoms. The molecule has 1 unspecified atom stereocenters. The molecule has 0 aromatic carbocycles. The van der Waals surface area contributed by atoms with Gasteiger partial charge in [-0.15, -0.1) is 0 Å². The average molecular weight is 224 g/mol. The van der Waals surface area contributed by atoms with Crippen LogP contribution in [0.5, 0.6) is 0 Å². The molecule has 0 saturated heterocycles. The Hall–Kier alpha value is -1.04. The standard InChI is InChI=1S/C13H24N2O/c1-6-15(8-7-14)12(16)9-11(2)10-13(3,4)5/h11H,6,8-10H2,1-5H3. The second-order valence-corrected chi connectivity index (χ2v) is 5.64. The second kappa shape index (κ2) is 6.52. The predicted octanol–water partition coefficient (Wildman–Crippen LogP) is 2.82. The van der Waals surface area contributed by atoms with Crippen LogP contribution in [0.25, 0.3) is 0 Å². The van der Waals surface area contributed by atoms with Gasteiger partial charge in [0.25, 0.3) is 0 Å². The monoisotopic (exact) mass is 224 g/mol. The lowest BCUT2D eigenvalue weighted by molar-refractivity contribution is -0.131. The van der Waals surface area contributed by atoms with Crippen molar-refractivity contribution in [2.24, 2.45) is 11.3 Å². The number of nitrogens with zero attached hydrogens (tertiary/aromatic N) is 2. The Morgan fingerprint density at radius 1 is 1.44 bits per heavy atom. The third kappa shape index (κ3) is 6.44. The fourth-order valence-corrected chi connectivity index (χ4v) is 2.01. The van der Waals surface area contributed by atoms with Gasteiger partial charge in [0.1, 0.15) is 6.54 Å². The zero-order valence-corrected chi connectivity index (χ0v) is 11.2. The van der Waals surface area contributed by atoms with E-state index in [0.29, 0.717) is 18.9 Å². The van der Waals surface area contributed by atoms with Crippen LogP contribution >= 0.6 is 0 Å². The van der Waals surface area contributed by atoms with Crippen LogP contribution in [0.4, 0.5) is 0 Å². The van der Waals surface area contributed by atoms with E-state index < -0.39 is 0 Å². The number of amides is 1. The summed E-state index contributed by atoms with van der Waals surface area (Å²) in [5, 5.41) is 8.59. The number of nitriles is 1. The Kier molecular flexibility index (Phi) is 6.10. The first kappa shape index (κ1) is 15.0. The highest BCUT2D eigenvalue weighted by atomic mass is 16.2. The van der Waals surface area contributed by atoms with Gasteiger partial charge in [0, 0.05) is 13.0 Å². The Morgan fingerprint density at radius 3 is 2.38 bits per heavy atom. The fourth-order valence-electron chi connectivity index (χ4n) is 2.01. The van der Waals surface area contributed by atoms with Crippen LogP contribution in [0, 0.1) is 22.7 Å². The molecule has 3 heteroatoms. The van der Waals surface area contributed by atoms with Crippen LogP contribution < -0.4 is 0 Å². The van der Waals surface area contributed by atoms with E-state index in [0.717, 1.165) is 6.42 Å². The number of hydrogen-bond acceptors (Lipinski definition) is 2. The van der Waals surface area contributed by atoms with Gasteiger partial charge in [-0.05, 0) is 24.7 Å². The molecule has 0 heterocycles. The van der Waals surface area contributed by atoms with Crippen LogP contribution in [0.3, 0.4) is 0 Å². The van der Waals surface area contributed by atoms with E-state index in [1.807, 2.05) is 13.0 Å². The van der Waals surface area contributed by atoms with E-state index in [-0.39, 0.29) is 17.9 Å². The van der Waals surface area contributed by atoms with Crippen LogP contribution in [-0.4, -0.2) is 23.9 Å². The molecule has 0 aliphatic heterocycles. The van der Waals surface area contributed by atoms with Gasteiger partial charge in [-0.25, -0.2) is 0 Å². The van der Waals surface area contributed by atoms with Crippen molar-refractivity contribution in [1.29, 1.82) is 5.26 Å². The van der Waals surface area contributed by atoms with Gasteiger partial charge in [-0.3, -0.25) is 4.79 Å². The second-order valence-electron chi connectivity index (χ2n) is 5.64. The summed E-state index contributed by atoms with van der Waals surface area (Å²) in [6.07, 6.45) is 1.58. The zero-order valence-electron chi connectivity index (χ0n) is 11.2. The molecule has 1 atom stereocenters. The summed E-state index contributed by atoms with van der Waals surface area (Å²) in [6.45, 7) is 11.4.